The van der Waals surface area contributed by atoms with Crippen LogP contribution in [0, 0.1) is 6.92 Å². The maximum Gasteiger partial charge on any atom is 0.271 e. The molecule has 2 N–H and O–H groups in total. The molecule has 8 heteroatoms. The zero-order valence-corrected chi connectivity index (χ0v) is 19.4. The largest absolute Gasteiger partial charge is 0.341 e. The van der Waals surface area contributed by atoms with E-state index in [9.17, 15) is 9.59 Å². The van der Waals surface area contributed by atoms with Gasteiger partial charge in [-0.05, 0) is 43.0 Å². The number of carbonyl (C=O) groups excluding carboxylic acids is 2. The van der Waals surface area contributed by atoms with Crippen LogP contribution in [0.2, 0.25) is 5.02 Å². The SMILES string of the molecule is Cc1ccc(Cl)cc1Nc1nc(C(=O)NC(Cc2ccccc2)C(=O)N2CCCC2)cs1. The van der Waals surface area contributed by atoms with E-state index >= 15 is 0 Å². The minimum Gasteiger partial charge on any atom is -0.341 e. The number of likely N-dealkylation sites (tertiary alicyclic amines) is 1. The number of carbonyl (C=O) groups is 2. The number of hydrogen-bond donors (Lipinski definition) is 2. The van der Waals surface area contributed by atoms with Crippen molar-refractivity contribution in [2.24, 2.45) is 0 Å². The van der Waals surface area contributed by atoms with Crippen LogP contribution in [0.4, 0.5) is 10.8 Å². The molecule has 2 heterocycles. The topological polar surface area (TPSA) is 74.3 Å². The molecule has 32 heavy (non-hydrogen) atoms. The average molecular weight is 469 g/mol. The van der Waals surface area contributed by atoms with E-state index in [2.05, 4.69) is 15.6 Å². The van der Waals surface area contributed by atoms with E-state index in [1.54, 1.807) is 5.38 Å². The highest BCUT2D eigenvalue weighted by atomic mass is 35.5. The van der Waals surface area contributed by atoms with Crippen LogP contribution < -0.4 is 10.6 Å². The van der Waals surface area contributed by atoms with Gasteiger partial charge in [0.2, 0.25) is 5.91 Å². The Labute approximate surface area is 196 Å². The zero-order chi connectivity index (χ0) is 22.5. The smallest absolute Gasteiger partial charge is 0.271 e. The molecule has 0 aliphatic carbocycles. The van der Waals surface area contributed by atoms with Crippen molar-refractivity contribution < 1.29 is 9.59 Å². The Hall–Kier alpha value is -2.90. The summed E-state index contributed by atoms with van der Waals surface area (Å²) < 4.78 is 0. The Bertz CT molecular complexity index is 1100. The fourth-order valence-corrected chi connectivity index (χ4v) is 4.59. The number of thiazole rings is 1. The van der Waals surface area contributed by atoms with E-state index < -0.39 is 6.04 Å². The number of aromatic nitrogens is 1. The lowest BCUT2D eigenvalue weighted by Gasteiger charge is -2.24. The summed E-state index contributed by atoms with van der Waals surface area (Å²) in [5.74, 6) is -0.395. The van der Waals surface area contributed by atoms with Crippen LogP contribution in [-0.4, -0.2) is 40.8 Å². The fraction of sp³-hybridized carbons (Fsp3) is 0.292. The van der Waals surface area contributed by atoms with Gasteiger partial charge in [-0.1, -0.05) is 48.0 Å². The molecular formula is C24H25ClN4O2S. The summed E-state index contributed by atoms with van der Waals surface area (Å²) in [6, 6.07) is 14.7. The van der Waals surface area contributed by atoms with Crippen molar-refractivity contribution in [3.63, 3.8) is 0 Å². The van der Waals surface area contributed by atoms with Crippen LogP contribution in [0.25, 0.3) is 0 Å². The summed E-state index contributed by atoms with van der Waals surface area (Å²) in [5, 5.41) is 9.04. The molecular weight excluding hydrogens is 444 g/mol. The lowest BCUT2D eigenvalue weighted by atomic mass is 10.0. The minimum absolute atomic E-state index is 0.0390. The molecule has 0 radical (unpaired) electrons. The van der Waals surface area contributed by atoms with E-state index in [4.69, 9.17) is 11.6 Å². The van der Waals surface area contributed by atoms with Gasteiger partial charge in [-0.2, -0.15) is 0 Å². The molecule has 4 rings (SSSR count). The van der Waals surface area contributed by atoms with Gasteiger partial charge in [0.05, 0.1) is 0 Å². The van der Waals surface area contributed by atoms with Crippen LogP contribution in [0.1, 0.15) is 34.5 Å². The Morgan fingerprint density at radius 3 is 2.66 bits per heavy atom. The molecule has 3 aromatic rings. The summed E-state index contributed by atoms with van der Waals surface area (Å²) in [4.78, 5) is 32.3. The molecule has 2 amide bonds. The summed E-state index contributed by atoms with van der Waals surface area (Å²) >= 11 is 7.42. The Balaban J connectivity index is 1.47. The molecule has 2 aromatic carbocycles. The summed E-state index contributed by atoms with van der Waals surface area (Å²) in [5.41, 5.74) is 3.14. The van der Waals surface area contributed by atoms with Crippen molar-refractivity contribution in [1.29, 1.82) is 0 Å². The van der Waals surface area contributed by atoms with E-state index in [0.717, 1.165) is 42.7 Å². The van der Waals surface area contributed by atoms with Crippen molar-refractivity contribution in [2.45, 2.75) is 32.2 Å². The third-order valence-corrected chi connectivity index (χ3v) is 6.47. The molecule has 0 spiro atoms. The highest BCUT2D eigenvalue weighted by molar-refractivity contribution is 7.14. The first-order valence-electron chi connectivity index (χ1n) is 10.6. The number of nitrogens with one attached hydrogen (secondary N) is 2. The molecule has 1 aliphatic rings. The first kappa shape index (κ1) is 22.3. The van der Waals surface area contributed by atoms with Crippen molar-refractivity contribution in [3.05, 3.63) is 75.8 Å². The molecule has 0 saturated carbocycles. The number of hydrogen-bond acceptors (Lipinski definition) is 5. The maximum absolute atomic E-state index is 13.1. The summed E-state index contributed by atoms with van der Waals surface area (Å²) in [7, 11) is 0. The monoisotopic (exact) mass is 468 g/mol. The average Bonchev–Trinajstić information content (AvgIpc) is 3.48. The van der Waals surface area contributed by atoms with Crippen molar-refractivity contribution >= 4 is 45.6 Å². The number of nitrogens with zero attached hydrogens (tertiary/aromatic N) is 2. The number of benzene rings is 2. The van der Waals surface area contributed by atoms with Crippen LogP contribution in [0.5, 0.6) is 0 Å². The van der Waals surface area contributed by atoms with Crippen LogP contribution in [0.15, 0.2) is 53.9 Å². The third kappa shape index (κ3) is 5.47. The Kier molecular flexibility index (Phi) is 7.07. The number of aryl methyl sites for hydroxylation is 1. The van der Waals surface area contributed by atoms with Crippen LogP contribution in [0.3, 0.4) is 0 Å². The number of anilines is 2. The van der Waals surface area contributed by atoms with Gasteiger partial charge in [0.15, 0.2) is 5.13 Å². The van der Waals surface area contributed by atoms with Gasteiger partial charge < -0.3 is 15.5 Å². The highest BCUT2D eigenvalue weighted by Gasteiger charge is 2.29. The molecule has 0 bridgehead atoms. The fourth-order valence-electron chi connectivity index (χ4n) is 3.72. The first-order valence-corrected chi connectivity index (χ1v) is 11.9. The van der Waals surface area contributed by atoms with Gasteiger partial charge in [0, 0.05) is 35.6 Å². The van der Waals surface area contributed by atoms with Gasteiger partial charge in [0.25, 0.3) is 5.91 Å². The van der Waals surface area contributed by atoms with Gasteiger partial charge in [0.1, 0.15) is 11.7 Å². The molecule has 1 aliphatic heterocycles. The maximum atomic E-state index is 13.1. The van der Waals surface area contributed by atoms with E-state index in [0.29, 0.717) is 16.6 Å². The molecule has 1 atom stereocenters. The Morgan fingerprint density at radius 1 is 1.16 bits per heavy atom. The highest BCUT2D eigenvalue weighted by Crippen LogP contribution is 2.26. The quantitative estimate of drug-likeness (QED) is 0.521. The van der Waals surface area contributed by atoms with Crippen LogP contribution >= 0.6 is 22.9 Å². The minimum atomic E-state index is -0.628. The molecule has 6 nitrogen and oxygen atoms in total. The molecule has 1 unspecified atom stereocenters. The number of amides is 2. The lowest BCUT2D eigenvalue weighted by Crippen LogP contribution is -2.49. The Morgan fingerprint density at radius 2 is 1.91 bits per heavy atom. The predicted molar refractivity (Wildman–Crippen MR) is 129 cm³/mol. The van der Waals surface area contributed by atoms with Gasteiger partial charge in [-0.3, -0.25) is 9.59 Å². The van der Waals surface area contributed by atoms with Gasteiger partial charge >= 0.3 is 0 Å². The van der Waals surface area contributed by atoms with Gasteiger partial charge in [-0.15, -0.1) is 11.3 Å². The second kappa shape index (κ2) is 10.1. The van der Waals surface area contributed by atoms with E-state index in [-0.39, 0.29) is 17.5 Å². The zero-order valence-electron chi connectivity index (χ0n) is 17.8. The lowest BCUT2D eigenvalue weighted by molar-refractivity contribution is -0.132. The molecule has 1 fully saturated rings. The van der Waals surface area contributed by atoms with Gasteiger partial charge in [-0.25, -0.2) is 4.98 Å². The standard InChI is InChI=1S/C24H25ClN4O2S/c1-16-9-10-18(25)14-19(16)27-24-28-21(15-32-24)22(30)26-20(13-17-7-3-2-4-8-17)23(31)29-11-5-6-12-29/h2-4,7-10,14-15,20H,5-6,11-13H2,1H3,(H,26,30)(H,27,28). The summed E-state index contributed by atoms with van der Waals surface area (Å²) in [6.07, 6.45) is 2.45. The predicted octanol–water partition coefficient (Wildman–Crippen LogP) is 4.81. The second-order valence-corrected chi connectivity index (χ2v) is 9.16. The molecule has 166 valence electrons. The second-order valence-electron chi connectivity index (χ2n) is 7.87. The number of rotatable bonds is 7. The third-order valence-electron chi connectivity index (χ3n) is 5.48. The molecule has 1 aromatic heterocycles. The van der Waals surface area contributed by atoms with Crippen molar-refractivity contribution in [3.8, 4) is 0 Å². The van der Waals surface area contributed by atoms with Crippen LogP contribution in [-0.2, 0) is 11.2 Å². The first-order chi connectivity index (χ1) is 15.5. The van der Waals surface area contributed by atoms with Crippen molar-refractivity contribution in [2.75, 3.05) is 18.4 Å². The van der Waals surface area contributed by atoms with Crippen molar-refractivity contribution in [1.82, 2.24) is 15.2 Å². The summed E-state index contributed by atoms with van der Waals surface area (Å²) in [6.45, 7) is 3.45. The van der Waals surface area contributed by atoms with E-state index in [1.807, 2.05) is 60.4 Å². The normalized spacial score (nSPS) is 14.2. The number of halogens is 1. The van der Waals surface area contributed by atoms with E-state index in [1.165, 1.54) is 11.3 Å². The molecule has 1 saturated heterocycles.